The number of hydrogen-bond donors (Lipinski definition) is 1. The number of carboxylic acid groups (broad SMARTS) is 1. The average Bonchev–Trinajstić information content (AvgIpc) is 2.48. The largest absolute Gasteiger partial charge is 0.478 e. The third-order valence-electron chi connectivity index (χ3n) is 4.53. The van der Waals surface area contributed by atoms with E-state index in [-0.39, 0.29) is 5.57 Å². The first-order valence-corrected chi connectivity index (χ1v) is 7.64. The highest BCUT2D eigenvalue weighted by Gasteiger charge is 2.21. The fourth-order valence-corrected chi connectivity index (χ4v) is 3.27. The first kappa shape index (κ1) is 14.8. The molecule has 0 unspecified atom stereocenters. The van der Waals surface area contributed by atoms with E-state index < -0.39 is 5.97 Å². The molecule has 0 aromatic heterocycles. The van der Waals surface area contributed by atoms with E-state index in [2.05, 4.69) is 25.6 Å². The third kappa shape index (κ3) is 3.50. The fourth-order valence-electron chi connectivity index (χ4n) is 3.27. The summed E-state index contributed by atoms with van der Waals surface area (Å²) in [4.78, 5) is 10.9. The Labute approximate surface area is 121 Å². The lowest BCUT2D eigenvalue weighted by Gasteiger charge is -2.28. The van der Waals surface area contributed by atoms with Crippen molar-refractivity contribution in [2.75, 3.05) is 0 Å². The summed E-state index contributed by atoms with van der Waals surface area (Å²) in [7, 11) is 0. The monoisotopic (exact) mass is 272 g/mol. The van der Waals surface area contributed by atoms with Crippen LogP contribution in [-0.2, 0) is 4.79 Å². The average molecular weight is 272 g/mol. The summed E-state index contributed by atoms with van der Waals surface area (Å²) in [6, 6.07) is 7.94. The molecule has 2 rings (SSSR count). The van der Waals surface area contributed by atoms with Crippen molar-refractivity contribution in [3.05, 3.63) is 42.0 Å². The molecule has 0 heterocycles. The maximum absolute atomic E-state index is 10.9. The number of hydrogen-bond acceptors (Lipinski definition) is 1. The lowest BCUT2D eigenvalue weighted by molar-refractivity contribution is -0.130. The van der Waals surface area contributed by atoms with Gasteiger partial charge in [-0.3, -0.25) is 0 Å². The van der Waals surface area contributed by atoms with Crippen LogP contribution in [-0.4, -0.2) is 11.1 Å². The second-order valence-electron chi connectivity index (χ2n) is 5.91. The number of benzene rings is 1. The lowest BCUT2D eigenvalue weighted by atomic mass is 9.77. The molecule has 0 amide bonds. The highest BCUT2D eigenvalue weighted by atomic mass is 16.4. The van der Waals surface area contributed by atoms with Gasteiger partial charge in [-0.2, -0.15) is 0 Å². The predicted octanol–water partition coefficient (Wildman–Crippen LogP) is 4.86. The molecule has 20 heavy (non-hydrogen) atoms. The van der Waals surface area contributed by atoms with E-state index in [1.165, 1.54) is 44.1 Å². The Morgan fingerprint density at radius 1 is 1.20 bits per heavy atom. The molecule has 1 aromatic rings. The molecule has 0 bridgehead atoms. The summed E-state index contributed by atoms with van der Waals surface area (Å²) >= 11 is 0. The number of carbonyl (C=O) groups is 1. The van der Waals surface area contributed by atoms with Crippen LogP contribution in [0.15, 0.2) is 30.8 Å². The molecule has 1 aliphatic carbocycles. The van der Waals surface area contributed by atoms with Gasteiger partial charge in [-0.25, -0.2) is 4.79 Å². The first-order chi connectivity index (χ1) is 9.61. The van der Waals surface area contributed by atoms with Gasteiger partial charge in [0.05, 0.1) is 5.57 Å². The van der Waals surface area contributed by atoms with Crippen LogP contribution >= 0.6 is 0 Å². The highest BCUT2D eigenvalue weighted by Crippen LogP contribution is 2.37. The van der Waals surface area contributed by atoms with E-state index in [4.69, 9.17) is 5.11 Å². The Morgan fingerprint density at radius 2 is 1.80 bits per heavy atom. The molecule has 1 N–H and O–H groups in total. The van der Waals surface area contributed by atoms with Crippen molar-refractivity contribution in [3.8, 4) is 0 Å². The molecule has 1 fully saturated rings. The lowest BCUT2D eigenvalue weighted by Crippen LogP contribution is -2.13. The maximum Gasteiger partial charge on any atom is 0.335 e. The molecule has 0 saturated heterocycles. The Balaban J connectivity index is 1.97. The number of aliphatic carboxylic acids is 1. The van der Waals surface area contributed by atoms with Crippen LogP contribution < -0.4 is 0 Å². The fraction of sp³-hybridized carbons (Fsp3) is 0.500. The minimum atomic E-state index is -0.946. The van der Waals surface area contributed by atoms with Gasteiger partial charge in [-0.15, -0.1) is 0 Å². The second-order valence-corrected chi connectivity index (χ2v) is 5.91. The number of carboxylic acids is 1. The van der Waals surface area contributed by atoms with Crippen molar-refractivity contribution in [1.29, 1.82) is 0 Å². The van der Waals surface area contributed by atoms with E-state index in [0.717, 1.165) is 5.92 Å². The molecule has 1 aromatic carbocycles. The summed E-state index contributed by atoms with van der Waals surface area (Å²) in [6.07, 6.45) is 7.86. The topological polar surface area (TPSA) is 37.3 Å². The minimum Gasteiger partial charge on any atom is -0.478 e. The first-order valence-electron chi connectivity index (χ1n) is 7.64. The van der Waals surface area contributed by atoms with E-state index in [9.17, 15) is 4.79 Å². The molecule has 1 saturated carbocycles. The highest BCUT2D eigenvalue weighted by molar-refractivity contribution is 6.14. The van der Waals surface area contributed by atoms with Gasteiger partial charge in [0.15, 0.2) is 0 Å². The van der Waals surface area contributed by atoms with Crippen LogP contribution in [0.1, 0.15) is 62.5 Å². The van der Waals surface area contributed by atoms with Crippen molar-refractivity contribution < 1.29 is 9.90 Å². The molecule has 0 spiro atoms. The zero-order chi connectivity index (χ0) is 14.5. The second kappa shape index (κ2) is 6.74. The van der Waals surface area contributed by atoms with Crippen LogP contribution in [0.4, 0.5) is 0 Å². The summed E-state index contributed by atoms with van der Waals surface area (Å²) in [5, 5.41) is 8.93. The van der Waals surface area contributed by atoms with Crippen LogP contribution in [0.5, 0.6) is 0 Å². The maximum atomic E-state index is 10.9. The zero-order valence-electron chi connectivity index (χ0n) is 12.3. The van der Waals surface area contributed by atoms with Gasteiger partial charge in [-0.05, 0) is 48.6 Å². The van der Waals surface area contributed by atoms with Gasteiger partial charge in [0.1, 0.15) is 0 Å². The molecule has 2 heteroatoms. The molecular formula is C18H24O2. The van der Waals surface area contributed by atoms with Crippen LogP contribution in [0.25, 0.3) is 5.57 Å². The summed E-state index contributed by atoms with van der Waals surface area (Å²) in [6.45, 7) is 5.86. The normalized spacial score (nSPS) is 22.4. The van der Waals surface area contributed by atoms with Crippen molar-refractivity contribution in [3.63, 3.8) is 0 Å². The van der Waals surface area contributed by atoms with E-state index >= 15 is 0 Å². The molecular weight excluding hydrogens is 248 g/mol. The van der Waals surface area contributed by atoms with Crippen molar-refractivity contribution in [2.24, 2.45) is 5.92 Å². The zero-order valence-corrected chi connectivity index (χ0v) is 12.3. The Bertz CT molecular complexity index is 465. The van der Waals surface area contributed by atoms with Gasteiger partial charge in [0.2, 0.25) is 0 Å². The third-order valence-corrected chi connectivity index (χ3v) is 4.53. The van der Waals surface area contributed by atoms with Crippen molar-refractivity contribution >= 4 is 11.5 Å². The molecule has 2 nitrogen and oxygen atoms in total. The minimum absolute atomic E-state index is 0.170. The number of rotatable bonds is 5. The Hall–Kier alpha value is -1.57. The summed E-state index contributed by atoms with van der Waals surface area (Å²) in [5.41, 5.74) is 2.23. The smallest absolute Gasteiger partial charge is 0.335 e. The standard InChI is InChI=1S/C18H24O2/c1-3-4-14-5-7-16(8-6-14)17-11-9-15(10-12-17)13(2)18(19)20/h9-12,14,16H,2-8H2,1H3,(H,19,20). The van der Waals surface area contributed by atoms with Gasteiger partial charge in [-0.1, -0.05) is 50.6 Å². The van der Waals surface area contributed by atoms with Gasteiger partial charge < -0.3 is 5.11 Å². The van der Waals surface area contributed by atoms with E-state index in [1.807, 2.05) is 12.1 Å². The van der Waals surface area contributed by atoms with E-state index in [0.29, 0.717) is 11.5 Å². The Morgan fingerprint density at radius 3 is 2.30 bits per heavy atom. The van der Waals surface area contributed by atoms with Crippen LogP contribution in [0.2, 0.25) is 0 Å². The SMILES string of the molecule is C=C(C(=O)O)c1ccc(C2CCC(CCC)CC2)cc1. The van der Waals surface area contributed by atoms with E-state index in [1.54, 1.807) is 0 Å². The molecule has 108 valence electrons. The predicted molar refractivity (Wildman–Crippen MR) is 82.7 cm³/mol. The van der Waals surface area contributed by atoms with Gasteiger partial charge in [0.25, 0.3) is 0 Å². The molecule has 0 aliphatic heterocycles. The van der Waals surface area contributed by atoms with Crippen molar-refractivity contribution in [2.45, 2.75) is 51.4 Å². The molecule has 1 aliphatic rings. The Kier molecular flexibility index (Phi) is 4.99. The quantitative estimate of drug-likeness (QED) is 0.777. The summed E-state index contributed by atoms with van der Waals surface area (Å²) in [5.74, 6) is 0.621. The summed E-state index contributed by atoms with van der Waals surface area (Å²) < 4.78 is 0. The van der Waals surface area contributed by atoms with Crippen LogP contribution in [0, 0.1) is 5.92 Å². The van der Waals surface area contributed by atoms with Crippen LogP contribution in [0.3, 0.4) is 0 Å². The van der Waals surface area contributed by atoms with Crippen molar-refractivity contribution in [1.82, 2.24) is 0 Å². The molecule has 0 radical (unpaired) electrons. The molecule has 0 atom stereocenters. The van der Waals surface area contributed by atoms with Gasteiger partial charge in [0, 0.05) is 0 Å². The van der Waals surface area contributed by atoms with Gasteiger partial charge >= 0.3 is 5.97 Å².